The van der Waals surface area contributed by atoms with Gasteiger partial charge in [-0.2, -0.15) is 0 Å². The first kappa shape index (κ1) is 27.3. The zero-order chi connectivity index (χ0) is 28.7. The fourth-order valence-corrected chi connectivity index (χ4v) is 7.45. The van der Waals surface area contributed by atoms with Crippen molar-refractivity contribution in [3.8, 4) is 17.1 Å². The van der Waals surface area contributed by atoms with Gasteiger partial charge in [-0.05, 0) is 61.4 Å². The molecule has 2 saturated carbocycles. The number of imidazole rings is 1. The highest BCUT2D eigenvalue weighted by Gasteiger charge is 2.48. The lowest BCUT2D eigenvalue weighted by atomic mass is 9.94. The molecule has 2 bridgehead atoms. The SMILES string of the molecule is COc1ccc(-c2ccc(/C=C3\SC(=S)N(C4CC5CCC4C5)C3=O)o2)cc1C(=O)N[C@@H](Cc1cnc[nH]1)C(=O)O. The standard InChI is InChI=1S/C29H28N4O6S2/c1-38-24-6-4-17(10-20(24)26(34)32-21(28(36)37)11-18-13-30-14-31-18)23-7-5-19(39-23)12-25-27(35)33(29(40)41-25)22-9-15-2-3-16(22)8-15/h4-7,10,12-16,21-22H,2-3,8-9,11H2,1H3,(H,30,31)(H,32,34)(H,36,37)/b25-12-/t15?,16?,21-,22?/m0/s1. The van der Waals surface area contributed by atoms with Gasteiger partial charge in [-0.1, -0.05) is 30.4 Å². The van der Waals surface area contributed by atoms with Crippen molar-refractivity contribution in [2.45, 2.75) is 44.2 Å². The Labute approximate surface area is 245 Å². The Balaban J connectivity index is 1.20. The number of nitrogens with zero attached hydrogens (tertiary/aromatic N) is 2. The largest absolute Gasteiger partial charge is 0.496 e. The molecule has 2 aromatic heterocycles. The van der Waals surface area contributed by atoms with Gasteiger partial charge in [0, 0.05) is 36.0 Å². The molecule has 12 heteroatoms. The predicted octanol–water partition coefficient (Wildman–Crippen LogP) is 4.49. The first-order valence-corrected chi connectivity index (χ1v) is 14.6. The molecule has 0 radical (unpaired) electrons. The van der Waals surface area contributed by atoms with Crippen LogP contribution in [0.4, 0.5) is 0 Å². The van der Waals surface area contributed by atoms with Crippen LogP contribution in [0.5, 0.6) is 5.75 Å². The van der Waals surface area contributed by atoms with Crippen LogP contribution in [0.15, 0.2) is 52.2 Å². The molecule has 212 valence electrons. The minimum atomic E-state index is -1.18. The average molecular weight is 593 g/mol. The number of nitrogens with one attached hydrogen (secondary N) is 2. The van der Waals surface area contributed by atoms with E-state index in [1.165, 1.54) is 44.2 Å². The topological polar surface area (TPSA) is 138 Å². The van der Waals surface area contributed by atoms with E-state index in [0.717, 1.165) is 12.8 Å². The minimum absolute atomic E-state index is 0.0405. The third-order valence-electron chi connectivity index (χ3n) is 8.07. The molecule has 3 heterocycles. The van der Waals surface area contributed by atoms with Gasteiger partial charge in [0.2, 0.25) is 0 Å². The number of thiocarbonyl (C=S) groups is 1. The van der Waals surface area contributed by atoms with Crippen molar-refractivity contribution in [3.05, 3.63) is 64.8 Å². The van der Waals surface area contributed by atoms with Gasteiger partial charge in [-0.3, -0.25) is 14.5 Å². The first-order valence-electron chi connectivity index (χ1n) is 13.4. The number of carboxylic acid groups (broad SMARTS) is 1. The molecule has 1 aliphatic heterocycles. The van der Waals surface area contributed by atoms with E-state index in [1.54, 1.807) is 36.4 Å². The Morgan fingerprint density at radius 3 is 2.85 bits per heavy atom. The van der Waals surface area contributed by atoms with Crippen LogP contribution in [0.1, 0.15) is 47.5 Å². The lowest BCUT2D eigenvalue weighted by molar-refractivity contribution is -0.139. The summed E-state index contributed by atoms with van der Waals surface area (Å²) in [6.45, 7) is 0. The number of aliphatic carboxylic acids is 1. The van der Waals surface area contributed by atoms with Crippen molar-refractivity contribution in [2.24, 2.45) is 11.8 Å². The predicted molar refractivity (Wildman–Crippen MR) is 156 cm³/mol. The zero-order valence-electron chi connectivity index (χ0n) is 22.2. The minimum Gasteiger partial charge on any atom is -0.496 e. The molecule has 2 aliphatic carbocycles. The maximum absolute atomic E-state index is 13.3. The lowest BCUT2D eigenvalue weighted by Crippen LogP contribution is -2.42. The summed E-state index contributed by atoms with van der Waals surface area (Å²) in [6, 6.07) is 7.48. The average Bonchev–Trinajstić information content (AvgIpc) is 3.79. The highest BCUT2D eigenvalue weighted by Crippen LogP contribution is 2.49. The maximum Gasteiger partial charge on any atom is 0.326 e. The molecule has 3 aliphatic rings. The molecule has 1 saturated heterocycles. The molecule has 3 aromatic rings. The summed E-state index contributed by atoms with van der Waals surface area (Å²) in [5.41, 5.74) is 1.32. The summed E-state index contributed by atoms with van der Waals surface area (Å²) < 4.78 is 12.0. The number of aromatic nitrogens is 2. The van der Waals surface area contributed by atoms with Crippen molar-refractivity contribution < 1.29 is 28.6 Å². The number of hydrogen-bond donors (Lipinski definition) is 3. The van der Waals surface area contributed by atoms with Gasteiger partial charge in [0.25, 0.3) is 11.8 Å². The number of furan rings is 1. The number of carbonyl (C=O) groups excluding carboxylic acids is 2. The van der Waals surface area contributed by atoms with E-state index < -0.39 is 17.9 Å². The van der Waals surface area contributed by atoms with Gasteiger partial charge in [0.05, 0.1) is 23.9 Å². The fraction of sp³-hybridized carbons (Fsp3) is 0.345. The number of carboxylic acids is 1. The van der Waals surface area contributed by atoms with Gasteiger partial charge in [0.15, 0.2) is 0 Å². The van der Waals surface area contributed by atoms with E-state index in [4.69, 9.17) is 21.4 Å². The van der Waals surface area contributed by atoms with Crippen LogP contribution in [0.25, 0.3) is 17.4 Å². The number of rotatable bonds is 9. The summed E-state index contributed by atoms with van der Waals surface area (Å²) in [7, 11) is 1.43. The van der Waals surface area contributed by atoms with Gasteiger partial charge in [0.1, 0.15) is 27.6 Å². The molecule has 6 rings (SSSR count). The Morgan fingerprint density at radius 1 is 1.32 bits per heavy atom. The molecular formula is C29H28N4O6S2. The third-order valence-corrected chi connectivity index (χ3v) is 9.40. The highest BCUT2D eigenvalue weighted by atomic mass is 32.2. The number of benzene rings is 1. The molecule has 2 amide bonds. The lowest BCUT2D eigenvalue weighted by Gasteiger charge is -2.30. The Hall–Kier alpha value is -3.90. The van der Waals surface area contributed by atoms with Crippen LogP contribution in [0.3, 0.4) is 0 Å². The Kier molecular flexibility index (Phi) is 7.43. The van der Waals surface area contributed by atoms with Crippen LogP contribution in [-0.2, 0) is 16.0 Å². The van der Waals surface area contributed by atoms with Crippen LogP contribution >= 0.6 is 24.0 Å². The number of amides is 2. The van der Waals surface area contributed by atoms with E-state index >= 15 is 0 Å². The van der Waals surface area contributed by atoms with Gasteiger partial charge in [-0.15, -0.1) is 0 Å². The van der Waals surface area contributed by atoms with E-state index in [9.17, 15) is 19.5 Å². The summed E-state index contributed by atoms with van der Waals surface area (Å²) in [5, 5.41) is 12.2. The maximum atomic E-state index is 13.3. The van der Waals surface area contributed by atoms with E-state index in [-0.39, 0.29) is 29.7 Å². The second-order valence-electron chi connectivity index (χ2n) is 10.6. The molecule has 1 aromatic carbocycles. The molecule has 4 atom stereocenters. The molecule has 3 N–H and O–H groups in total. The third kappa shape index (κ3) is 5.41. The number of thioether (sulfide) groups is 1. The quantitative estimate of drug-likeness (QED) is 0.242. The molecule has 3 fully saturated rings. The number of carbonyl (C=O) groups is 3. The van der Waals surface area contributed by atoms with Crippen LogP contribution in [0, 0.1) is 11.8 Å². The summed E-state index contributed by atoms with van der Waals surface area (Å²) >= 11 is 6.89. The first-order chi connectivity index (χ1) is 19.8. The molecular weight excluding hydrogens is 564 g/mol. The van der Waals surface area contributed by atoms with Gasteiger partial charge >= 0.3 is 5.97 Å². The normalized spacial score (nSPS) is 23.4. The molecule has 41 heavy (non-hydrogen) atoms. The Morgan fingerprint density at radius 2 is 2.17 bits per heavy atom. The van der Waals surface area contributed by atoms with E-state index in [1.807, 2.05) is 4.90 Å². The molecule has 3 unspecified atom stereocenters. The Bertz CT molecular complexity index is 1550. The van der Waals surface area contributed by atoms with Crippen molar-refractivity contribution >= 4 is 52.2 Å². The molecule has 0 spiro atoms. The van der Waals surface area contributed by atoms with Crippen LogP contribution in [0.2, 0.25) is 0 Å². The fourth-order valence-electron chi connectivity index (χ4n) is 6.10. The summed E-state index contributed by atoms with van der Waals surface area (Å²) in [6.07, 6.45) is 9.33. The van der Waals surface area contributed by atoms with E-state index in [2.05, 4.69) is 15.3 Å². The number of methoxy groups -OCH3 is 1. The number of fused-ring (bicyclic) bond motifs is 2. The number of aromatic amines is 1. The van der Waals surface area contributed by atoms with E-state index in [0.29, 0.717) is 43.8 Å². The second-order valence-corrected chi connectivity index (χ2v) is 12.2. The van der Waals surface area contributed by atoms with Crippen molar-refractivity contribution in [1.82, 2.24) is 20.2 Å². The monoisotopic (exact) mass is 592 g/mol. The van der Waals surface area contributed by atoms with Crippen molar-refractivity contribution in [1.29, 1.82) is 0 Å². The number of ether oxygens (including phenoxy) is 1. The van der Waals surface area contributed by atoms with Crippen LogP contribution < -0.4 is 10.1 Å². The highest BCUT2D eigenvalue weighted by molar-refractivity contribution is 8.26. The van der Waals surface area contributed by atoms with Crippen LogP contribution in [-0.4, -0.2) is 61.3 Å². The van der Waals surface area contributed by atoms with Crippen molar-refractivity contribution in [3.63, 3.8) is 0 Å². The number of H-pyrrole nitrogens is 1. The summed E-state index contributed by atoms with van der Waals surface area (Å²) in [5.74, 6) is 0.639. The molecule has 10 nitrogen and oxygen atoms in total. The van der Waals surface area contributed by atoms with Gasteiger partial charge in [-0.25, -0.2) is 9.78 Å². The second kappa shape index (κ2) is 11.2. The van der Waals surface area contributed by atoms with Crippen molar-refractivity contribution in [2.75, 3.05) is 7.11 Å². The summed E-state index contributed by atoms with van der Waals surface area (Å²) in [4.78, 5) is 47.3. The smallest absolute Gasteiger partial charge is 0.326 e. The number of hydrogen-bond acceptors (Lipinski definition) is 8. The zero-order valence-corrected chi connectivity index (χ0v) is 23.8. The van der Waals surface area contributed by atoms with Gasteiger partial charge < -0.3 is 24.6 Å².